The topological polar surface area (TPSA) is 39.2 Å². The van der Waals surface area contributed by atoms with Crippen LogP contribution in [-0.4, -0.2) is 11.3 Å². The monoisotopic (exact) mass is 241 g/mol. The fourth-order valence-corrected chi connectivity index (χ4v) is 1.70. The van der Waals surface area contributed by atoms with Crippen LogP contribution in [0.15, 0.2) is 36.5 Å². The van der Waals surface area contributed by atoms with Gasteiger partial charge in [0.15, 0.2) is 6.29 Å². The minimum atomic E-state index is 0.536. The van der Waals surface area contributed by atoms with Crippen molar-refractivity contribution < 1.29 is 9.53 Å². The molecule has 0 N–H and O–H groups in total. The molecule has 2 rings (SSSR count). The van der Waals surface area contributed by atoms with Crippen LogP contribution in [0.4, 0.5) is 0 Å². The zero-order chi connectivity index (χ0) is 13.0. The molecule has 3 heteroatoms. The number of aryl methyl sites for hydroxylation is 2. The maximum Gasteiger partial charge on any atom is 0.222 e. The van der Waals surface area contributed by atoms with Gasteiger partial charge in [-0.2, -0.15) is 0 Å². The minimum Gasteiger partial charge on any atom is -0.439 e. The van der Waals surface area contributed by atoms with Crippen LogP contribution in [0.2, 0.25) is 0 Å². The predicted molar refractivity (Wildman–Crippen MR) is 70.3 cm³/mol. The molecule has 0 saturated heterocycles. The summed E-state index contributed by atoms with van der Waals surface area (Å²) in [5, 5.41) is 0. The van der Waals surface area contributed by atoms with E-state index in [1.54, 1.807) is 6.07 Å². The lowest BCUT2D eigenvalue weighted by atomic mass is 10.2. The van der Waals surface area contributed by atoms with E-state index >= 15 is 0 Å². The Morgan fingerprint density at radius 3 is 2.83 bits per heavy atom. The second kappa shape index (κ2) is 5.45. The van der Waals surface area contributed by atoms with Crippen LogP contribution in [0.25, 0.3) is 0 Å². The highest BCUT2D eigenvalue weighted by atomic mass is 16.5. The molecule has 0 amide bonds. The molecule has 0 aliphatic heterocycles. The van der Waals surface area contributed by atoms with Crippen LogP contribution in [-0.2, 0) is 6.42 Å². The molecule has 2 aromatic rings. The van der Waals surface area contributed by atoms with Crippen molar-refractivity contribution in [3.05, 3.63) is 53.2 Å². The van der Waals surface area contributed by atoms with Gasteiger partial charge in [-0.25, -0.2) is 4.98 Å². The Bertz CT molecular complexity index is 564. The molecular weight excluding hydrogens is 226 g/mol. The van der Waals surface area contributed by atoms with Crippen LogP contribution in [0.1, 0.15) is 28.4 Å². The summed E-state index contributed by atoms with van der Waals surface area (Å²) in [5.41, 5.74) is 2.62. The smallest absolute Gasteiger partial charge is 0.222 e. The molecule has 0 saturated carbocycles. The quantitative estimate of drug-likeness (QED) is 0.768. The average Bonchev–Trinajstić information content (AvgIpc) is 2.41. The Balaban J connectivity index is 2.25. The number of benzene rings is 1. The van der Waals surface area contributed by atoms with E-state index < -0.39 is 0 Å². The largest absolute Gasteiger partial charge is 0.439 e. The second-order valence-corrected chi connectivity index (χ2v) is 4.11. The van der Waals surface area contributed by atoms with Crippen LogP contribution in [0.3, 0.4) is 0 Å². The van der Waals surface area contributed by atoms with Crippen molar-refractivity contribution in [1.82, 2.24) is 4.98 Å². The standard InChI is InChI=1S/C15H15NO2/c1-3-12-5-4-6-14(8-12)18-15-11(2)7-13(10-17)9-16-15/h4-10H,3H2,1-2H3. The van der Waals surface area contributed by atoms with Gasteiger partial charge in [-0.1, -0.05) is 19.1 Å². The highest BCUT2D eigenvalue weighted by molar-refractivity contribution is 5.74. The highest BCUT2D eigenvalue weighted by Gasteiger charge is 2.04. The number of ether oxygens (including phenoxy) is 1. The number of aromatic nitrogens is 1. The highest BCUT2D eigenvalue weighted by Crippen LogP contribution is 2.23. The molecule has 0 bridgehead atoms. The Kier molecular flexibility index (Phi) is 3.72. The molecular formula is C15H15NO2. The molecule has 0 spiro atoms. The molecule has 0 unspecified atom stereocenters. The molecule has 0 atom stereocenters. The van der Waals surface area contributed by atoms with Crippen molar-refractivity contribution in [1.29, 1.82) is 0 Å². The van der Waals surface area contributed by atoms with E-state index in [1.165, 1.54) is 11.8 Å². The zero-order valence-corrected chi connectivity index (χ0v) is 10.5. The SMILES string of the molecule is CCc1cccc(Oc2ncc(C=O)cc2C)c1. The van der Waals surface area contributed by atoms with Gasteiger partial charge in [-0.3, -0.25) is 4.79 Å². The van der Waals surface area contributed by atoms with E-state index in [0.29, 0.717) is 11.4 Å². The molecule has 0 radical (unpaired) electrons. The summed E-state index contributed by atoms with van der Waals surface area (Å²) in [6, 6.07) is 9.67. The van der Waals surface area contributed by atoms with Crippen molar-refractivity contribution in [2.75, 3.05) is 0 Å². The molecule has 0 fully saturated rings. The van der Waals surface area contributed by atoms with Crippen LogP contribution >= 0.6 is 0 Å². The summed E-state index contributed by atoms with van der Waals surface area (Å²) in [6.45, 7) is 3.97. The molecule has 92 valence electrons. The van der Waals surface area contributed by atoms with Gasteiger partial charge in [0, 0.05) is 17.3 Å². The average molecular weight is 241 g/mol. The van der Waals surface area contributed by atoms with Crippen molar-refractivity contribution in [3.8, 4) is 11.6 Å². The number of aldehydes is 1. The molecule has 0 aliphatic rings. The molecule has 1 heterocycles. The van der Waals surface area contributed by atoms with Crippen LogP contribution < -0.4 is 4.74 Å². The Labute approximate surface area is 106 Å². The predicted octanol–water partition coefficient (Wildman–Crippen LogP) is 3.56. The summed E-state index contributed by atoms with van der Waals surface area (Å²) >= 11 is 0. The Morgan fingerprint density at radius 2 is 2.17 bits per heavy atom. The van der Waals surface area contributed by atoms with Gasteiger partial charge < -0.3 is 4.74 Å². The first-order valence-electron chi connectivity index (χ1n) is 5.91. The van der Waals surface area contributed by atoms with Crippen molar-refractivity contribution >= 4 is 6.29 Å². The number of carbonyl (C=O) groups is 1. The van der Waals surface area contributed by atoms with E-state index in [2.05, 4.69) is 18.0 Å². The van der Waals surface area contributed by atoms with Crippen LogP contribution in [0.5, 0.6) is 11.6 Å². The third-order valence-electron chi connectivity index (χ3n) is 2.71. The van der Waals surface area contributed by atoms with Crippen molar-refractivity contribution in [3.63, 3.8) is 0 Å². The van der Waals surface area contributed by atoms with Gasteiger partial charge >= 0.3 is 0 Å². The summed E-state index contributed by atoms with van der Waals surface area (Å²) in [6.07, 6.45) is 3.26. The van der Waals surface area contributed by atoms with Gasteiger partial charge in [0.25, 0.3) is 0 Å². The van der Waals surface area contributed by atoms with Gasteiger partial charge in [-0.15, -0.1) is 0 Å². The maximum absolute atomic E-state index is 10.6. The molecule has 0 aliphatic carbocycles. The van der Waals surface area contributed by atoms with Gasteiger partial charge in [0.05, 0.1) is 0 Å². The van der Waals surface area contributed by atoms with E-state index in [1.807, 2.05) is 25.1 Å². The van der Waals surface area contributed by atoms with Crippen molar-refractivity contribution in [2.45, 2.75) is 20.3 Å². The fourth-order valence-electron chi connectivity index (χ4n) is 1.70. The van der Waals surface area contributed by atoms with Gasteiger partial charge in [0.2, 0.25) is 5.88 Å². The number of hydrogen-bond acceptors (Lipinski definition) is 3. The number of hydrogen-bond donors (Lipinski definition) is 0. The number of pyridine rings is 1. The lowest BCUT2D eigenvalue weighted by molar-refractivity contribution is 0.112. The summed E-state index contributed by atoms with van der Waals surface area (Å²) in [7, 11) is 0. The third-order valence-corrected chi connectivity index (χ3v) is 2.71. The first-order valence-corrected chi connectivity index (χ1v) is 5.91. The molecule has 18 heavy (non-hydrogen) atoms. The van der Waals surface area contributed by atoms with E-state index in [4.69, 9.17) is 4.74 Å². The minimum absolute atomic E-state index is 0.536. The number of nitrogens with zero attached hydrogens (tertiary/aromatic N) is 1. The molecule has 1 aromatic carbocycles. The fraction of sp³-hybridized carbons (Fsp3) is 0.200. The van der Waals surface area contributed by atoms with Gasteiger partial charge in [0.1, 0.15) is 5.75 Å². The number of rotatable bonds is 4. The molecule has 1 aromatic heterocycles. The lowest BCUT2D eigenvalue weighted by Gasteiger charge is -2.08. The summed E-state index contributed by atoms with van der Waals surface area (Å²) in [4.78, 5) is 14.8. The second-order valence-electron chi connectivity index (χ2n) is 4.11. The molecule has 3 nitrogen and oxygen atoms in total. The first kappa shape index (κ1) is 12.3. The lowest BCUT2D eigenvalue weighted by Crippen LogP contribution is -1.94. The maximum atomic E-state index is 10.6. The summed E-state index contributed by atoms with van der Waals surface area (Å²) in [5.74, 6) is 1.30. The zero-order valence-electron chi connectivity index (χ0n) is 10.5. The normalized spacial score (nSPS) is 10.1. The number of carbonyl (C=O) groups excluding carboxylic acids is 1. The van der Waals surface area contributed by atoms with E-state index in [9.17, 15) is 4.79 Å². The van der Waals surface area contributed by atoms with E-state index in [0.717, 1.165) is 24.0 Å². The van der Waals surface area contributed by atoms with Crippen molar-refractivity contribution in [2.24, 2.45) is 0 Å². The van der Waals surface area contributed by atoms with E-state index in [-0.39, 0.29) is 0 Å². The van der Waals surface area contributed by atoms with Crippen LogP contribution in [0, 0.1) is 6.92 Å². The first-order chi connectivity index (χ1) is 8.72. The van der Waals surface area contributed by atoms with Gasteiger partial charge in [-0.05, 0) is 37.1 Å². The summed E-state index contributed by atoms with van der Waals surface area (Å²) < 4.78 is 5.72. The Hall–Kier alpha value is -2.16. The third kappa shape index (κ3) is 2.74. The Morgan fingerprint density at radius 1 is 1.33 bits per heavy atom.